The second kappa shape index (κ2) is 7.52. The molecule has 1 saturated carbocycles. The summed E-state index contributed by atoms with van der Waals surface area (Å²) in [7, 11) is 1.56. The first-order chi connectivity index (χ1) is 15.2. The Bertz CT molecular complexity index is 1200. The van der Waals surface area contributed by atoms with Crippen LogP contribution in [0.25, 0.3) is 10.9 Å². The fraction of sp³-hybridized carbons (Fsp3) is 0.381. The number of hydrogen-bond donors (Lipinski definition) is 0. The maximum Gasteiger partial charge on any atom is 0.433 e. The number of piperazine rings is 1. The Morgan fingerprint density at radius 1 is 1.09 bits per heavy atom. The maximum atomic E-state index is 13.2. The number of alkyl halides is 3. The van der Waals surface area contributed by atoms with E-state index in [-0.39, 0.29) is 11.4 Å². The third kappa shape index (κ3) is 3.67. The number of fused-ring (bicyclic) bond motifs is 1. The molecule has 0 N–H and O–H groups in total. The van der Waals surface area contributed by atoms with Crippen molar-refractivity contribution in [1.29, 1.82) is 0 Å². The van der Waals surface area contributed by atoms with Crippen LogP contribution >= 0.6 is 23.2 Å². The molecule has 1 spiro atoms. The normalized spacial score (nSPS) is 17.8. The van der Waals surface area contributed by atoms with Crippen molar-refractivity contribution in [2.45, 2.75) is 24.6 Å². The fourth-order valence-electron chi connectivity index (χ4n) is 4.37. The molecule has 0 radical (unpaired) electrons. The summed E-state index contributed by atoms with van der Waals surface area (Å²) in [5, 5.41) is 0.980. The highest BCUT2D eigenvalue weighted by Gasteiger charge is 2.52. The standard InChI is InChI=1S/C21H18Cl2F3N5O/c1-32-16-8-12-14(9-13(16)22)27-5-2-15(12)30-6-7-31(20(11-30)3-4-20)18-10-17(21(24,25)26)28-19(23)29-18/h2,5,8-10H,3-4,6-7,11H2,1H3. The predicted octanol–water partition coefficient (Wildman–Crippen LogP) is 5.22. The zero-order valence-corrected chi connectivity index (χ0v) is 18.5. The Hall–Kier alpha value is -2.52. The highest BCUT2D eigenvalue weighted by molar-refractivity contribution is 6.33. The minimum Gasteiger partial charge on any atom is -0.495 e. The molecule has 2 fully saturated rings. The number of hydrogen-bond acceptors (Lipinski definition) is 6. The largest absolute Gasteiger partial charge is 0.495 e. The molecule has 32 heavy (non-hydrogen) atoms. The van der Waals surface area contributed by atoms with Crippen LogP contribution < -0.4 is 14.5 Å². The van der Waals surface area contributed by atoms with E-state index in [9.17, 15) is 13.2 Å². The molecule has 5 rings (SSSR count). The smallest absolute Gasteiger partial charge is 0.433 e. The van der Waals surface area contributed by atoms with Gasteiger partial charge in [0, 0.05) is 43.0 Å². The zero-order chi connectivity index (χ0) is 22.7. The van der Waals surface area contributed by atoms with Crippen LogP contribution in [-0.2, 0) is 6.18 Å². The van der Waals surface area contributed by atoms with Gasteiger partial charge >= 0.3 is 6.18 Å². The van der Waals surface area contributed by atoms with Crippen molar-refractivity contribution in [1.82, 2.24) is 15.0 Å². The quantitative estimate of drug-likeness (QED) is 0.476. The van der Waals surface area contributed by atoms with Crippen LogP contribution in [0.2, 0.25) is 10.3 Å². The first-order valence-electron chi connectivity index (χ1n) is 9.97. The van der Waals surface area contributed by atoms with E-state index in [0.29, 0.717) is 30.4 Å². The Balaban J connectivity index is 1.48. The topological polar surface area (TPSA) is 54.4 Å². The van der Waals surface area contributed by atoms with Gasteiger partial charge in [0.25, 0.3) is 0 Å². The summed E-state index contributed by atoms with van der Waals surface area (Å²) >= 11 is 12.1. The van der Waals surface area contributed by atoms with Crippen LogP contribution in [0.3, 0.4) is 0 Å². The van der Waals surface area contributed by atoms with Gasteiger partial charge in [0.05, 0.1) is 23.2 Å². The van der Waals surface area contributed by atoms with E-state index in [1.165, 1.54) is 0 Å². The molecule has 1 aliphatic carbocycles. The number of halogens is 5. The SMILES string of the molecule is COc1cc2c(N3CCN(c4cc(C(F)(F)F)nc(Cl)n4)C4(CC4)C3)ccnc2cc1Cl. The average molecular weight is 484 g/mol. The Kier molecular flexibility index (Phi) is 5.01. The van der Waals surface area contributed by atoms with Crippen LogP contribution in [0.1, 0.15) is 18.5 Å². The summed E-state index contributed by atoms with van der Waals surface area (Å²) < 4.78 is 45.1. The molecular formula is C21H18Cl2F3N5O. The van der Waals surface area contributed by atoms with Gasteiger partial charge in [-0.05, 0) is 42.6 Å². The van der Waals surface area contributed by atoms with Crippen LogP contribution in [0, 0.1) is 0 Å². The van der Waals surface area contributed by atoms with E-state index in [1.807, 2.05) is 17.0 Å². The van der Waals surface area contributed by atoms with Crippen molar-refractivity contribution in [3.05, 3.63) is 46.5 Å². The lowest BCUT2D eigenvalue weighted by molar-refractivity contribution is -0.141. The van der Waals surface area contributed by atoms with Gasteiger partial charge in [-0.1, -0.05) is 11.6 Å². The minimum atomic E-state index is -4.59. The van der Waals surface area contributed by atoms with Gasteiger partial charge in [-0.2, -0.15) is 13.2 Å². The zero-order valence-electron chi connectivity index (χ0n) is 17.0. The van der Waals surface area contributed by atoms with Crippen molar-refractivity contribution in [2.24, 2.45) is 0 Å². The summed E-state index contributed by atoms with van der Waals surface area (Å²) in [6.07, 6.45) is -1.16. The number of anilines is 2. The Labute approximate surface area is 191 Å². The highest BCUT2D eigenvalue weighted by atomic mass is 35.5. The Morgan fingerprint density at radius 3 is 2.56 bits per heavy atom. The molecule has 0 amide bonds. The van der Waals surface area contributed by atoms with E-state index in [1.54, 1.807) is 19.4 Å². The van der Waals surface area contributed by atoms with E-state index in [4.69, 9.17) is 27.9 Å². The molecule has 3 aromatic rings. The second-order valence-electron chi connectivity index (χ2n) is 8.01. The molecule has 1 saturated heterocycles. The molecule has 0 unspecified atom stereocenters. The van der Waals surface area contributed by atoms with Crippen LogP contribution in [-0.4, -0.2) is 47.2 Å². The Morgan fingerprint density at radius 2 is 1.88 bits per heavy atom. The van der Waals surface area contributed by atoms with Crippen molar-refractivity contribution in [3.8, 4) is 5.75 Å². The molecule has 2 aliphatic rings. The molecule has 1 aliphatic heterocycles. The first-order valence-corrected chi connectivity index (χ1v) is 10.7. The predicted molar refractivity (Wildman–Crippen MR) is 117 cm³/mol. The molecule has 3 heterocycles. The molecular weight excluding hydrogens is 466 g/mol. The van der Waals surface area contributed by atoms with Crippen molar-refractivity contribution >= 4 is 45.6 Å². The first kappa shape index (κ1) is 21.3. The van der Waals surface area contributed by atoms with Crippen LogP contribution in [0.15, 0.2) is 30.5 Å². The number of benzene rings is 1. The monoisotopic (exact) mass is 483 g/mol. The van der Waals surface area contributed by atoms with Gasteiger partial charge in [-0.25, -0.2) is 9.97 Å². The number of rotatable bonds is 3. The maximum absolute atomic E-state index is 13.2. The summed E-state index contributed by atoms with van der Waals surface area (Å²) in [4.78, 5) is 16.0. The highest BCUT2D eigenvalue weighted by Crippen LogP contribution is 2.48. The van der Waals surface area contributed by atoms with Crippen molar-refractivity contribution in [3.63, 3.8) is 0 Å². The number of pyridine rings is 1. The lowest BCUT2D eigenvalue weighted by Gasteiger charge is -2.44. The summed E-state index contributed by atoms with van der Waals surface area (Å²) in [6.45, 7) is 1.73. The number of nitrogens with zero attached hydrogens (tertiary/aromatic N) is 5. The van der Waals surface area contributed by atoms with Gasteiger partial charge in [-0.3, -0.25) is 4.98 Å². The van der Waals surface area contributed by atoms with Gasteiger partial charge < -0.3 is 14.5 Å². The lowest BCUT2D eigenvalue weighted by Crippen LogP contribution is -2.55. The molecule has 0 atom stereocenters. The van der Waals surface area contributed by atoms with Crippen LogP contribution in [0.5, 0.6) is 5.75 Å². The van der Waals surface area contributed by atoms with E-state index in [2.05, 4.69) is 19.9 Å². The number of ether oxygens (including phenoxy) is 1. The lowest BCUT2D eigenvalue weighted by atomic mass is 10.1. The van der Waals surface area contributed by atoms with Gasteiger partial charge in [0.2, 0.25) is 5.28 Å². The molecule has 0 bridgehead atoms. The molecule has 168 valence electrons. The number of methoxy groups -OCH3 is 1. The third-order valence-electron chi connectivity index (χ3n) is 6.06. The van der Waals surface area contributed by atoms with Gasteiger partial charge in [-0.15, -0.1) is 0 Å². The van der Waals surface area contributed by atoms with E-state index >= 15 is 0 Å². The average Bonchev–Trinajstić information content (AvgIpc) is 3.50. The molecule has 6 nitrogen and oxygen atoms in total. The molecule has 11 heteroatoms. The fourth-order valence-corrected chi connectivity index (χ4v) is 4.78. The van der Waals surface area contributed by atoms with Gasteiger partial charge in [0.1, 0.15) is 11.6 Å². The summed E-state index contributed by atoms with van der Waals surface area (Å²) in [5.74, 6) is 0.769. The molecule has 2 aromatic heterocycles. The van der Waals surface area contributed by atoms with E-state index < -0.39 is 17.2 Å². The molecule has 1 aromatic carbocycles. The van der Waals surface area contributed by atoms with Gasteiger partial charge in [0.15, 0.2) is 5.69 Å². The minimum absolute atomic E-state index is 0.211. The summed E-state index contributed by atoms with van der Waals surface area (Å²) in [6, 6.07) is 6.55. The second-order valence-corrected chi connectivity index (χ2v) is 8.75. The van der Waals surface area contributed by atoms with Crippen LogP contribution in [0.4, 0.5) is 24.7 Å². The third-order valence-corrected chi connectivity index (χ3v) is 6.53. The van der Waals surface area contributed by atoms with Crippen molar-refractivity contribution in [2.75, 3.05) is 36.5 Å². The summed E-state index contributed by atoms with van der Waals surface area (Å²) in [5.41, 5.74) is 0.394. The van der Waals surface area contributed by atoms with E-state index in [0.717, 1.165) is 35.5 Å². The number of aromatic nitrogens is 3. The van der Waals surface area contributed by atoms with Crippen molar-refractivity contribution < 1.29 is 17.9 Å².